The van der Waals surface area contributed by atoms with Crippen molar-refractivity contribution in [1.82, 2.24) is 54.5 Å². The number of carbonyl (C=O) groups is 7. The molecule has 1 aliphatic carbocycles. The predicted octanol–water partition coefficient (Wildman–Crippen LogP) is 11.3. The molecule has 7 aromatic rings. The number of ketones is 3. The van der Waals surface area contributed by atoms with Gasteiger partial charge in [-0.1, -0.05) is 96.2 Å². The van der Waals surface area contributed by atoms with Gasteiger partial charge >= 0.3 is 11.9 Å². The SMILES string of the molecule is CCCOCCOCCOCCCC(=O)O[C@@H]1CC[C@@H](C[C@@H](C)[C@@H]2C[C@@H](O)[C@H](C)/C=C(\C)[C@@H](O)[C@@H](OC)C(=O)[C@H](C)C[C@H](C)/C=C/C=C/C=C(\C)[C@@H](OC)C[C@@H]3CC[C@@H](C)[C@@](O)(O3)C(=O)C(=O)N3CCCC[C@H]3C(=O)O2)C[C@H]1OC.COCCC(=O)CCc1cnc(N2CCN(c3ncc(C(=O)N4CCc5cc(Cn6nc(-c7ccc8oc(N)nc8c7)c7c(N)ncnc76)ccc5C4)cn3)CC2)nc1. The summed E-state index contributed by atoms with van der Waals surface area (Å²) < 4.78 is 64.8. The first-order valence-electron chi connectivity index (χ1n) is 49.2. The smallest absolute Gasteiger partial charge is 0.329 e. The third kappa shape index (κ3) is 29.0. The summed E-state index contributed by atoms with van der Waals surface area (Å²) >= 11 is 0. The Labute approximate surface area is 814 Å². The maximum Gasteiger partial charge on any atom is 0.329 e. The predicted molar refractivity (Wildman–Crippen MR) is 521 cm³/mol. The zero-order valence-corrected chi connectivity index (χ0v) is 82.7. The van der Waals surface area contributed by atoms with Crippen molar-refractivity contribution in [2.24, 2.45) is 35.5 Å². The number of aliphatic hydroxyl groups excluding tert-OH is 2. The Kier molecular flexibility index (Phi) is 40.1. The molecule has 4 fully saturated rings. The topological polar surface area (TPSA) is 459 Å². The number of nitrogens with two attached hydrogens (primary N) is 2. The van der Waals surface area contributed by atoms with Crippen molar-refractivity contribution < 1.29 is 101 Å². The number of methoxy groups -OCH3 is 4. The molecule has 0 unspecified atom stereocenters. The summed E-state index contributed by atoms with van der Waals surface area (Å²) in [5, 5.41) is 41.2. The molecule has 5 aliphatic heterocycles. The Bertz CT molecular complexity index is 5350. The Morgan fingerprint density at radius 2 is 1.41 bits per heavy atom. The standard InChI is InChI=1S/C62H101NO17.C41H42N14O4/c1-12-28-75-30-32-77-33-31-76-29-18-22-55(65)78-51-26-24-47(37-54(51)73-10)36-43(5)53-39-50(64)42(4)35-45(7)57(67)58(74-11)56(66)44(6)34-40(2)19-14-13-15-20-41(3)52(72-9)38-48-25-23-46(8)62(71,80-48)59(68)60(69)63-27-17-16-21-49(63)61(70)79-53;1-58-15-9-31(56)6-3-26-18-44-40(45-19-26)52-11-13-53(14-12-52)41-46-20-30(21-47-41)38(57)54-10-8-27-16-25(2-4-29(27)23-54)22-55-37-34(36(42)48-24-49-37)35(51-55)28-5-7-33-32(17-28)50-39(43)59-33/h13-15,19-20,35,40,42-44,46-54,57-58,64,67,71H,12,16-18,21-34,36-39H2,1-11H3;2,4-5,7,16-21,24H,3,6,8-15,22-23H2,1H3,(H2,43,50)(H2,42,48,49)/b15-13+,19-14+,41-20+,45-35+;/t40-,42-,43-,44-,46-,47+,48+,49+,50-,51-,52+,53+,54-,57-,58+,62-;/m1./s1. The summed E-state index contributed by atoms with van der Waals surface area (Å²) in [5.74, 6) is -6.31. The molecule has 0 spiro atoms. The van der Waals surface area contributed by atoms with E-state index in [9.17, 15) is 48.9 Å². The number of rotatable bonds is 31. The number of Topliss-reactive ketones (excluding diaryl/α,β-unsaturated/α-hetero) is 3. The largest absolute Gasteiger partial charge is 0.460 e. The van der Waals surface area contributed by atoms with Gasteiger partial charge in [-0.3, -0.25) is 28.8 Å². The highest BCUT2D eigenvalue weighted by atomic mass is 16.6. The molecular formula is C103H143N15O21. The summed E-state index contributed by atoms with van der Waals surface area (Å²) in [6.45, 7) is 22.7. The number of allylic oxidation sites excluding steroid dienone is 5. The number of esters is 2. The number of carbonyl (C=O) groups excluding carboxylic acids is 7. The number of cyclic esters (lactones) is 1. The van der Waals surface area contributed by atoms with E-state index in [0.717, 1.165) is 34.2 Å². The van der Waals surface area contributed by atoms with Crippen LogP contribution in [-0.2, 0) is 102 Å². The summed E-state index contributed by atoms with van der Waals surface area (Å²) in [6.07, 6.45) is 22.5. The number of aryl methyl sites for hydroxylation is 1. The molecule has 1 saturated carbocycles. The van der Waals surface area contributed by atoms with Gasteiger partial charge in [0.1, 0.15) is 59.6 Å². The van der Waals surface area contributed by atoms with Crippen LogP contribution >= 0.6 is 0 Å². The number of amides is 2. The minimum absolute atomic E-state index is 0.0121. The summed E-state index contributed by atoms with van der Waals surface area (Å²) in [7, 11) is 6.16. The van der Waals surface area contributed by atoms with Gasteiger partial charge in [0.25, 0.3) is 23.6 Å². The second-order valence-corrected chi connectivity index (χ2v) is 37.9. The highest BCUT2D eigenvalue weighted by molar-refractivity contribution is 6.39. The molecular weight excluding hydrogens is 1780 g/mol. The second-order valence-electron chi connectivity index (χ2n) is 37.9. The van der Waals surface area contributed by atoms with Crippen molar-refractivity contribution in [1.29, 1.82) is 0 Å². The summed E-state index contributed by atoms with van der Waals surface area (Å²) in [6, 6.07) is 10.8. The van der Waals surface area contributed by atoms with Crippen molar-refractivity contribution in [3.05, 3.63) is 143 Å². The number of piperazine rings is 1. The average molecular weight is 1930 g/mol. The Morgan fingerprint density at radius 1 is 0.691 bits per heavy atom. The molecule has 16 atom stereocenters. The quantitative estimate of drug-likeness (QED) is 0.0117. The lowest BCUT2D eigenvalue weighted by molar-refractivity contribution is -0.265. The molecule has 36 nitrogen and oxygen atoms in total. The Hall–Kier alpha value is -10.8. The first-order chi connectivity index (χ1) is 67.0. The highest BCUT2D eigenvalue weighted by Gasteiger charge is 2.53. The van der Waals surface area contributed by atoms with Crippen LogP contribution in [0.3, 0.4) is 0 Å². The first-order valence-corrected chi connectivity index (χ1v) is 49.2. The van der Waals surface area contributed by atoms with E-state index in [2.05, 4.69) is 69.8 Å². The van der Waals surface area contributed by atoms with Crippen LogP contribution in [0.4, 0.5) is 23.7 Å². The van der Waals surface area contributed by atoms with E-state index in [-0.39, 0.29) is 79.1 Å². The molecule has 13 rings (SSSR count). The van der Waals surface area contributed by atoms with Crippen LogP contribution < -0.4 is 21.3 Å². The van der Waals surface area contributed by atoms with Crippen LogP contribution in [0.1, 0.15) is 197 Å². The van der Waals surface area contributed by atoms with Crippen molar-refractivity contribution in [2.75, 3.05) is 135 Å². The third-order valence-electron chi connectivity index (χ3n) is 27.5. The number of piperidine rings is 1. The summed E-state index contributed by atoms with van der Waals surface area (Å²) in [4.78, 5) is 134. The van der Waals surface area contributed by atoms with Crippen molar-refractivity contribution in [2.45, 2.75) is 251 Å². The van der Waals surface area contributed by atoms with Crippen LogP contribution in [0.5, 0.6) is 0 Å². The number of nitrogens with zero attached hydrogens (tertiary/aromatic N) is 13. The lowest BCUT2D eigenvalue weighted by Crippen LogP contribution is -2.61. The molecule has 756 valence electrons. The van der Waals surface area contributed by atoms with Crippen molar-refractivity contribution in [3.8, 4) is 11.3 Å². The lowest BCUT2D eigenvalue weighted by Gasteiger charge is -2.43. The molecule has 10 heterocycles. The zero-order chi connectivity index (χ0) is 99.4. The van der Waals surface area contributed by atoms with Crippen molar-refractivity contribution in [3.63, 3.8) is 0 Å². The molecule has 3 saturated heterocycles. The molecule has 5 aromatic heterocycles. The number of hydrogen-bond donors (Lipinski definition) is 5. The summed E-state index contributed by atoms with van der Waals surface area (Å²) in [5.41, 5.74) is 21.4. The molecule has 2 bridgehead atoms. The average Bonchev–Trinajstić information content (AvgIpc) is 1.72. The van der Waals surface area contributed by atoms with E-state index in [1.165, 1.54) is 23.9 Å². The van der Waals surface area contributed by atoms with Crippen molar-refractivity contribution >= 4 is 87.0 Å². The number of benzene rings is 2. The number of nitrogen functional groups attached to an aromatic ring is 2. The van der Waals surface area contributed by atoms with E-state index in [4.69, 9.17) is 68.4 Å². The van der Waals surface area contributed by atoms with Crippen LogP contribution in [0.2, 0.25) is 0 Å². The van der Waals surface area contributed by atoms with Gasteiger partial charge in [-0.05, 0) is 173 Å². The minimum Gasteiger partial charge on any atom is -0.460 e. The van der Waals surface area contributed by atoms with E-state index < -0.39 is 90.0 Å². The van der Waals surface area contributed by atoms with Gasteiger partial charge in [0.15, 0.2) is 17.0 Å². The molecule has 7 N–H and O–H groups in total. The molecule has 36 heteroatoms. The number of fused-ring (bicyclic) bond motifs is 6. The number of hydrogen-bond acceptors (Lipinski definition) is 33. The fourth-order valence-electron chi connectivity index (χ4n) is 19.2. The van der Waals surface area contributed by atoms with Gasteiger partial charge in [0.05, 0.1) is 74.9 Å². The Morgan fingerprint density at radius 3 is 2.12 bits per heavy atom. The fourth-order valence-corrected chi connectivity index (χ4v) is 19.2. The molecule has 6 aliphatic rings. The molecule has 139 heavy (non-hydrogen) atoms. The number of aromatic nitrogens is 9. The van der Waals surface area contributed by atoms with E-state index >= 15 is 0 Å². The second kappa shape index (κ2) is 52.1. The maximum atomic E-state index is 14.7. The maximum absolute atomic E-state index is 14.7. The van der Waals surface area contributed by atoms with Crippen LogP contribution in [0, 0.1) is 35.5 Å². The van der Waals surface area contributed by atoms with Gasteiger partial charge < -0.3 is 98.2 Å². The van der Waals surface area contributed by atoms with E-state index in [1.54, 1.807) is 79.0 Å². The normalized spacial score (nSPS) is 26.7. The first kappa shape index (κ1) is 107. The van der Waals surface area contributed by atoms with Gasteiger partial charge in [-0.15, -0.1) is 0 Å². The van der Waals surface area contributed by atoms with Gasteiger partial charge in [0, 0.05) is 168 Å². The fraction of sp³-hybridized carbons (Fsp3) is 0.602. The number of oxazole rings is 1. The van der Waals surface area contributed by atoms with Crippen LogP contribution in [0.15, 0.2) is 120 Å². The van der Waals surface area contributed by atoms with Crippen LogP contribution in [-0.4, -0.2) is 286 Å². The van der Waals surface area contributed by atoms with E-state index in [0.29, 0.717) is 245 Å². The number of ether oxygens (including phenoxy) is 10. The minimum atomic E-state index is -2.45. The van der Waals surface area contributed by atoms with Crippen LogP contribution in [0.25, 0.3) is 33.4 Å². The van der Waals surface area contributed by atoms with Gasteiger partial charge in [0.2, 0.25) is 17.7 Å². The zero-order valence-electron chi connectivity index (χ0n) is 82.7. The molecule has 2 aromatic carbocycles. The van der Waals surface area contributed by atoms with Gasteiger partial charge in [-0.25, -0.2) is 39.4 Å². The van der Waals surface area contributed by atoms with E-state index in [1.807, 2.05) is 79.8 Å². The number of aliphatic hydroxyl groups is 3. The van der Waals surface area contributed by atoms with Gasteiger partial charge in [-0.2, -0.15) is 10.1 Å². The third-order valence-corrected chi connectivity index (χ3v) is 27.5. The molecule has 0 radical (unpaired) electrons. The number of anilines is 4. The highest BCUT2D eigenvalue weighted by Crippen LogP contribution is 2.41. The molecule has 2 amide bonds. The Balaban J connectivity index is 0.000000259. The lowest BCUT2D eigenvalue weighted by atomic mass is 9.78. The monoisotopic (exact) mass is 1930 g/mol.